The molecule has 0 amide bonds. The molecule has 144 valence electrons. The standard InChI is InChI=1S/C21H23N5O2/c1-2-5-16(6-3-1)19-14-25(9-10-27-19)20-13-21(23-15-22-20)28-18-11-17(12-18)26-8-4-7-24-26/h1-8,13,15,17-19H,9-12,14H2/t17?,18?,19-/m1/s1. The number of morpholine rings is 1. The Balaban J connectivity index is 1.22. The fourth-order valence-corrected chi connectivity index (χ4v) is 3.81. The first kappa shape index (κ1) is 17.2. The molecule has 1 atom stereocenters. The van der Waals surface area contributed by atoms with E-state index in [2.05, 4.69) is 32.1 Å². The Hall–Kier alpha value is -2.93. The minimum atomic E-state index is 0.0516. The monoisotopic (exact) mass is 377 g/mol. The first-order valence-electron chi connectivity index (χ1n) is 9.74. The Labute approximate surface area is 163 Å². The molecule has 1 aliphatic heterocycles. The molecule has 1 aliphatic carbocycles. The van der Waals surface area contributed by atoms with E-state index in [1.54, 1.807) is 6.33 Å². The average Bonchev–Trinajstić information content (AvgIpc) is 3.26. The third kappa shape index (κ3) is 3.57. The Morgan fingerprint density at radius 2 is 1.96 bits per heavy atom. The van der Waals surface area contributed by atoms with Gasteiger partial charge in [-0.15, -0.1) is 0 Å². The molecule has 3 heterocycles. The lowest BCUT2D eigenvalue weighted by molar-refractivity contribution is 0.0393. The fourth-order valence-electron chi connectivity index (χ4n) is 3.81. The van der Waals surface area contributed by atoms with E-state index >= 15 is 0 Å². The number of hydrogen-bond acceptors (Lipinski definition) is 6. The molecule has 7 heteroatoms. The maximum atomic E-state index is 6.07. The molecule has 0 spiro atoms. The summed E-state index contributed by atoms with van der Waals surface area (Å²) in [4.78, 5) is 11.0. The van der Waals surface area contributed by atoms with Crippen LogP contribution in [0.5, 0.6) is 5.88 Å². The number of anilines is 1. The Morgan fingerprint density at radius 1 is 1.07 bits per heavy atom. The van der Waals surface area contributed by atoms with E-state index in [1.807, 2.05) is 47.4 Å². The van der Waals surface area contributed by atoms with Crippen molar-refractivity contribution < 1.29 is 9.47 Å². The molecule has 0 radical (unpaired) electrons. The summed E-state index contributed by atoms with van der Waals surface area (Å²) in [5, 5.41) is 4.30. The van der Waals surface area contributed by atoms with Crippen molar-refractivity contribution in [3.8, 4) is 5.88 Å². The zero-order valence-corrected chi connectivity index (χ0v) is 15.6. The van der Waals surface area contributed by atoms with Crippen LogP contribution in [0.2, 0.25) is 0 Å². The summed E-state index contributed by atoms with van der Waals surface area (Å²) in [6, 6.07) is 14.6. The molecule has 2 fully saturated rings. The van der Waals surface area contributed by atoms with Gasteiger partial charge in [0.05, 0.1) is 12.6 Å². The second-order valence-corrected chi connectivity index (χ2v) is 7.28. The molecule has 0 N–H and O–H groups in total. The van der Waals surface area contributed by atoms with Crippen LogP contribution >= 0.6 is 0 Å². The highest BCUT2D eigenvalue weighted by Crippen LogP contribution is 2.35. The van der Waals surface area contributed by atoms with Crippen molar-refractivity contribution in [1.29, 1.82) is 0 Å². The number of benzene rings is 1. The summed E-state index contributed by atoms with van der Waals surface area (Å²) in [7, 11) is 0. The van der Waals surface area contributed by atoms with Crippen LogP contribution in [-0.2, 0) is 4.74 Å². The predicted octanol–water partition coefficient (Wildman–Crippen LogP) is 3.03. The lowest BCUT2D eigenvalue weighted by atomic mass is 9.89. The highest BCUT2D eigenvalue weighted by molar-refractivity contribution is 5.42. The van der Waals surface area contributed by atoms with E-state index in [0.29, 0.717) is 18.5 Å². The molecular weight excluding hydrogens is 354 g/mol. The molecule has 5 rings (SSSR count). The van der Waals surface area contributed by atoms with E-state index in [4.69, 9.17) is 9.47 Å². The summed E-state index contributed by atoms with van der Waals surface area (Å²) in [5.74, 6) is 1.52. The smallest absolute Gasteiger partial charge is 0.218 e. The van der Waals surface area contributed by atoms with Gasteiger partial charge in [-0.2, -0.15) is 5.10 Å². The molecule has 2 aliphatic rings. The van der Waals surface area contributed by atoms with Gasteiger partial charge in [0.2, 0.25) is 5.88 Å². The van der Waals surface area contributed by atoms with Crippen LogP contribution in [0, 0.1) is 0 Å². The van der Waals surface area contributed by atoms with Crippen molar-refractivity contribution in [2.75, 3.05) is 24.6 Å². The van der Waals surface area contributed by atoms with Gasteiger partial charge in [-0.1, -0.05) is 30.3 Å². The van der Waals surface area contributed by atoms with Crippen molar-refractivity contribution in [2.24, 2.45) is 0 Å². The van der Waals surface area contributed by atoms with Crippen molar-refractivity contribution in [3.63, 3.8) is 0 Å². The number of rotatable bonds is 5. The van der Waals surface area contributed by atoms with Gasteiger partial charge >= 0.3 is 0 Å². The number of aromatic nitrogens is 4. The van der Waals surface area contributed by atoms with Gasteiger partial charge in [0, 0.05) is 44.4 Å². The van der Waals surface area contributed by atoms with Gasteiger partial charge in [0.1, 0.15) is 24.4 Å². The zero-order chi connectivity index (χ0) is 18.8. The molecule has 0 bridgehead atoms. The third-order valence-corrected chi connectivity index (χ3v) is 5.45. The number of ether oxygens (including phenoxy) is 2. The van der Waals surface area contributed by atoms with E-state index < -0.39 is 0 Å². The van der Waals surface area contributed by atoms with Gasteiger partial charge in [-0.25, -0.2) is 9.97 Å². The van der Waals surface area contributed by atoms with Crippen LogP contribution < -0.4 is 9.64 Å². The van der Waals surface area contributed by atoms with E-state index in [9.17, 15) is 0 Å². The fraction of sp³-hybridized carbons (Fsp3) is 0.381. The Kier molecular flexibility index (Phi) is 4.66. The highest BCUT2D eigenvalue weighted by atomic mass is 16.5. The molecule has 28 heavy (non-hydrogen) atoms. The van der Waals surface area contributed by atoms with Gasteiger partial charge in [0.25, 0.3) is 0 Å². The number of hydrogen-bond donors (Lipinski definition) is 0. The van der Waals surface area contributed by atoms with Crippen LogP contribution in [0.3, 0.4) is 0 Å². The largest absolute Gasteiger partial charge is 0.474 e. The third-order valence-electron chi connectivity index (χ3n) is 5.45. The van der Waals surface area contributed by atoms with Crippen LogP contribution in [0.25, 0.3) is 0 Å². The van der Waals surface area contributed by atoms with Gasteiger partial charge in [-0.05, 0) is 11.6 Å². The molecule has 2 aromatic heterocycles. The summed E-state index contributed by atoms with van der Waals surface area (Å²) in [5.41, 5.74) is 1.19. The maximum absolute atomic E-state index is 6.07. The first-order valence-corrected chi connectivity index (χ1v) is 9.74. The van der Waals surface area contributed by atoms with E-state index in [1.165, 1.54) is 5.56 Å². The summed E-state index contributed by atoms with van der Waals surface area (Å²) in [6.45, 7) is 2.25. The van der Waals surface area contributed by atoms with Crippen molar-refractivity contribution in [3.05, 3.63) is 66.7 Å². The van der Waals surface area contributed by atoms with Gasteiger partial charge < -0.3 is 14.4 Å². The maximum Gasteiger partial charge on any atom is 0.218 e. The molecule has 1 saturated heterocycles. The summed E-state index contributed by atoms with van der Waals surface area (Å²) >= 11 is 0. The SMILES string of the molecule is c1ccc([C@H]2CN(c3cc(OC4CC(n5cccn5)C4)ncn3)CCO2)cc1. The second kappa shape index (κ2) is 7.59. The topological polar surface area (TPSA) is 65.3 Å². The van der Waals surface area contributed by atoms with Crippen LogP contribution in [0.15, 0.2) is 61.2 Å². The molecule has 1 saturated carbocycles. The van der Waals surface area contributed by atoms with Gasteiger partial charge in [0.15, 0.2) is 0 Å². The summed E-state index contributed by atoms with van der Waals surface area (Å²) in [6.07, 6.45) is 7.54. The molecule has 1 aromatic carbocycles. The van der Waals surface area contributed by atoms with Crippen LogP contribution in [0.4, 0.5) is 5.82 Å². The van der Waals surface area contributed by atoms with E-state index in [-0.39, 0.29) is 12.2 Å². The summed E-state index contributed by atoms with van der Waals surface area (Å²) < 4.78 is 14.0. The first-order chi connectivity index (χ1) is 13.8. The van der Waals surface area contributed by atoms with Gasteiger partial charge in [-0.3, -0.25) is 4.68 Å². The lowest BCUT2D eigenvalue weighted by Crippen LogP contribution is -2.39. The zero-order valence-electron chi connectivity index (χ0n) is 15.6. The van der Waals surface area contributed by atoms with E-state index in [0.717, 1.165) is 31.7 Å². The van der Waals surface area contributed by atoms with Crippen LogP contribution in [-0.4, -0.2) is 45.5 Å². The van der Waals surface area contributed by atoms with Crippen LogP contribution in [0.1, 0.15) is 30.6 Å². The highest BCUT2D eigenvalue weighted by Gasteiger charge is 2.33. The second-order valence-electron chi connectivity index (χ2n) is 7.28. The number of nitrogens with zero attached hydrogens (tertiary/aromatic N) is 5. The molecule has 7 nitrogen and oxygen atoms in total. The Morgan fingerprint density at radius 3 is 2.79 bits per heavy atom. The normalized spacial score (nSPS) is 24.6. The van der Waals surface area contributed by atoms with Crippen molar-refractivity contribution >= 4 is 5.82 Å². The molecule has 3 aromatic rings. The minimum absolute atomic E-state index is 0.0516. The quantitative estimate of drug-likeness (QED) is 0.681. The minimum Gasteiger partial charge on any atom is -0.474 e. The molecular formula is C21H23N5O2. The lowest BCUT2D eigenvalue weighted by Gasteiger charge is -2.36. The van der Waals surface area contributed by atoms with Crippen molar-refractivity contribution in [1.82, 2.24) is 19.7 Å². The Bertz CT molecular complexity index is 896. The predicted molar refractivity (Wildman–Crippen MR) is 104 cm³/mol. The van der Waals surface area contributed by atoms with Crippen molar-refractivity contribution in [2.45, 2.75) is 31.1 Å². The average molecular weight is 377 g/mol. The molecule has 0 unspecified atom stereocenters.